The van der Waals surface area contributed by atoms with Crippen molar-refractivity contribution >= 4 is 12.0 Å². The van der Waals surface area contributed by atoms with Gasteiger partial charge in [-0.05, 0) is 6.92 Å². The fourth-order valence-corrected chi connectivity index (χ4v) is 1.15. The van der Waals surface area contributed by atoms with Crippen molar-refractivity contribution in [3.8, 4) is 0 Å². The monoisotopic (exact) mass is 194 g/mol. The number of nitrogens with zero attached hydrogens (tertiary/aromatic N) is 2. The fourth-order valence-electron chi connectivity index (χ4n) is 1.15. The first-order chi connectivity index (χ1) is 6.63. The van der Waals surface area contributed by atoms with E-state index in [2.05, 4.69) is 9.84 Å². The Morgan fingerprint density at radius 1 is 1.71 bits per heavy atom. The van der Waals surface area contributed by atoms with Crippen LogP contribution in [-0.2, 0) is 16.6 Å². The smallest absolute Gasteiger partial charge is 0.309 e. The zero-order chi connectivity index (χ0) is 10.6. The molecular formula is C10H14N2O2. The number of methoxy groups -OCH3 is 1. The molecule has 0 unspecified atom stereocenters. The SMILES string of the molecule is COC(=O)CC=Cc1cn(C)nc1C. The van der Waals surface area contributed by atoms with Crippen molar-refractivity contribution in [1.82, 2.24) is 9.78 Å². The van der Waals surface area contributed by atoms with Crippen molar-refractivity contribution < 1.29 is 9.53 Å². The number of carbonyl (C=O) groups is 1. The van der Waals surface area contributed by atoms with Crippen LogP contribution in [0.4, 0.5) is 0 Å². The molecule has 1 aromatic rings. The molecule has 0 amide bonds. The third kappa shape index (κ3) is 2.73. The van der Waals surface area contributed by atoms with E-state index in [1.54, 1.807) is 10.8 Å². The second-order valence-electron chi connectivity index (χ2n) is 3.03. The van der Waals surface area contributed by atoms with Crippen molar-refractivity contribution in [3.63, 3.8) is 0 Å². The van der Waals surface area contributed by atoms with Crippen LogP contribution in [0.2, 0.25) is 0 Å². The van der Waals surface area contributed by atoms with Gasteiger partial charge >= 0.3 is 5.97 Å². The maximum Gasteiger partial charge on any atom is 0.309 e. The van der Waals surface area contributed by atoms with Crippen molar-refractivity contribution in [1.29, 1.82) is 0 Å². The largest absolute Gasteiger partial charge is 0.469 e. The molecule has 0 atom stereocenters. The lowest BCUT2D eigenvalue weighted by atomic mass is 10.2. The van der Waals surface area contributed by atoms with E-state index in [1.165, 1.54) is 7.11 Å². The van der Waals surface area contributed by atoms with Crippen molar-refractivity contribution in [2.75, 3.05) is 7.11 Å². The fraction of sp³-hybridized carbons (Fsp3) is 0.400. The van der Waals surface area contributed by atoms with Gasteiger partial charge in [-0.2, -0.15) is 5.10 Å². The van der Waals surface area contributed by atoms with Crippen LogP contribution in [0.3, 0.4) is 0 Å². The van der Waals surface area contributed by atoms with E-state index < -0.39 is 0 Å². The normalized spacial score (nSPS) is 10.8. The molecule has 0 aromatic carbocycles. The molecule has 14 heavy (non-hydrogen) atoms. The number of aryl methyl sites for hydroxylation is 2. The summed E-state index contributed by atoms with van der Waals surface area (Å²) >= 11 is 0. The number of hydrogen-bond donors (Lipinski definition) is 0. The Labute approximate surface area is 83.2 Å². The first-order valence-corrected chi connectivity index (χ1v) is 4.37. The summed E-state index contributed by atoms with van der Waals surface area (Å²) in [6.45, 7) is 1.93. The highest BCUT2D eigenvalue weighted by atomic mass is 16.5. The summed E-state index contributed by atoms with van der Waals surface area (Å²) in [5.41, 5.74) is 1.98. The zero-order valence-electron chi connectivity index (χ0n) is 8.65. The third-order valence-corrected chi connectivity index (χ3v) is 1.86. The topological polar surface area (TPSA) is 44.1 Å². The molecule has 0 saturated heterocycles. The number of esters is 1. The van der Waals surface area contributed by atoms with Crippen molar-refractivity contribution in [3.05, 3.63) is 23.5 Å². The molecule has 0 fully saturated rings. The van der Waals surface area contributed by atoms with Crippen LogP contribution in [-0.4, -0.2) is 22.9 Å². The molecule has 0 aliphatic carbocycles. The summed E-state index contributed by atoms with van der Waals surface area (Å²) in [4.78, 5) is 10.8. The Morgan fingerprint density at radius 2 is 2.43 bits per heavy atom. The van der Waals surface area contributed by atoms with Crippen molar-refractivity contribution in [2.45, 2.75) is 13.3 Å². The quantitative estimate of drug-likeness (QED) is 0.681. The summed E-state index contributed by atoms with van der Waals surface area (Å²) in [5, 5.41) is 4.18. The Morgan fingerprint density at radius 3 is 2.93 bits per heavy atom. The molecule has 1 rings (SSSR count). The van der Waals surface area contributed by atoms with E-state index in [0.717, 1.165) is 11.3 Å². The van der Waals surface area contributed by atoms with Gasteiger partial charge in [-0.3, -0.25) is 9.48 Å². The van der Waals surface area contributed by atoms with Gasteiger partial charge in [0.1, 0.15) is 0 Å². The number of ether oxygens (including phenoxy) is 1. The molecule has 4 nitrogen and oxygen atoms in total. The molecule has 0 bridgehead atoms. The lowest BCUT2D eigenvalue weighted by Gasteiger charge is -1.91. The van der Waals surface area contributed by atoms with E-state index in [9.17, 15) is 4.79 Å². The average molecular weight is 194 g/mol. The summed E-state index contributed by atoms with van der Waals surface area (Å²) in [7, 11) is 3.25. The van der Waals surface area contributed by atoms with Gasteiger partial charge in [-0.25, -0.2) is 0 Å². The molecular weight excluding hydrogens is 180 g/mol. The molecule has 0 saturated carbocycles. The number of rotatable bonds is 3. The van der Waals surface area contributed by atoms with E-state index >= 15 is 0 Å². The maximum atomic E-state index is 10.8. The molecule has 0 aliphatic rings. The highest BCUT2D eigenvalue weighted by molar-refractivity contribution is 5.72. The van der Waals surface area contributed by atoms with Crippen LogP contribution in [0.25, 0.3) is 6.08 Å². The van der Waals surface area contributed by atoms with Crippen LogP contribution in [0.1, 0.15) is 17.7 Å². The van der Waals surface area contributed by atoms with E-state index in [-0.39, 0.29) is 5.97 Å². The maximum absolute atomic E-state index is 10.8. The molecule has 1 heterocycles. The van der Waals surface area contributed by atoms with E-state index in [1.807, 2.05) is 26.2 Å². The predicted molar refractivity (Wildman–Crippen MR) is 53.6 cm³/mol. The van der Waals surface area contributed by atoms with Crippen LogP contribution >= 0.6 is 0 Å². The molecule has 1 aromatic heterocycles. The van der Waals surface area contributed by atoms with Crippen LogP contribution < -0.4 is 0 Å². The van der Waals surface area contributed by atoms with Gasteiger partial charge in [0.25, 0.3) is 0 Å². The predicted octanol–water partition coefficient (Wildman–Crippen LogP) is 1.30. The van der Waals surface area contributed by atoms with Gasteiger partial charge in [0, 0.05) is 18.8 Å². The van der Waals surface area contributed by atoms with Gasteiger partial charge in [0.05, 0.1) is 19.2 Å². The number of aromatic nitrogens is 2. The minimum atomic E-state index is -0.234. The molecule has 0 aliphatic heterocycles. The summed E-state index contributed by atoms with van der Waals surface area (Å²) in [6.07, 6.45) is 5.85. The minimum absolute atomic E-state index is 0.234. The van der Waals surface area contributed by atoms with E-state index in [0.29, 0.717) is 6.42 Å². The van der Waals surface area contributed by atoms with Crippen LogP contribution in [0.5, 0.6) is 0 Å². The number of hydrogen-bond acceptors (Lipinski definition) is 3. The molecule has 76 valence electrons. The second-order valence-corrected chi connectivity index (χ2v) is 3.03. The standard InChI is InChI=1S/C10H14N2O2/c1-8-9(7-12(2)11-8)5-4-6-10(13)14-3/h4-5,7H,6H2,1-3H3. The Bertz CT molecular complexity index is 353. The molecule has 0 N–H and O–H groups in total. The Kier molecular flexibility index (Phi) is 3.45. The van der Waals surface area contributed by atoms with E-state index in [4.69, 9.17) is 0 Å². The Hall–Kier alpha value is -1.58. The first kappa shape index (κ1) is 10.5. The first-order valence-electron chi connectivity index (χ1n) is 4.37. The van der Waals surface area contributed by atoms with Crippen LogP contribution in [0.15, 0.2) is 12.3 Å². The molecule has 0 spiro atoms. The van der Waals surface area contributed by atoms with Gasteiger partial charge in [-0.15, -0.1) is 0 Å². The Balaban J connectivity index is 2.60. The lowest BCUT2D eigenvalue weighted by Crippen LogP contribution is -1.96. The average Bonchev–Trinajstić information content (AvgIpc) is 2.45. The molecule has 0 radical (unpaired) electrons. The molecule has 4 heteroatoms. The lowest BCUT2D eigenvalue weighted by molar-refractivity contribution is -0.139. The zero-order valence-corrected chi connectivity index (χ0v) is 8.65. The third-order valence-electron chi connectivity index (χ3n) is 1.86. The second kappa shape index (κ2) is 4.60. The summed E-state index contributed by atoms with van der Waals surface area (Å²) in [6, 6.07) is 0. The highest BCUT2D eigenvalue weighted by Gasteiger charge is 1.99. The minimum Gasteiger partial charge on any atom is -0.469 e. The summed E-state index contributed by atoms with van der Waals surface area (Å²) < 4.78 is 6.26. The van der Waals surface area contributed by atoms with Gasteiger partial charge in [0.2, 0.25) is 0 Å². The highest BCUT2D eigenvalue weighted by Crippen LogP contribution is 2.07. The summed E-state index contributed by atoms with van der Waals surface area (Å²) in [5.74, 6) is -0.234. The van der Waals surface area contributed by atoms with Gasteiger partial charge < -0.3 is 4.74 Å². The van der Waals surface area contributed by atoms with Crippen molar-refractivity contribution in [2.24, 2.45) is 7.05 Å². The van der Waals surface area contributed by atoms with Crippen LogP contribution in [0, 0.1) is 6.92 Å². The van der Waals surface area contributed by atoms with Gasteiger partial charge in [-0.1, -0.05) is 12.2 Å². The number of carbonyl (C=O) groups excluding carboxylic acids is 1. The van der Waals surface area contributed by atoms with Gasteiger partial charge in [0.15, 0.2) is 0 Å².